The second kappa shape index (κ2) is 60.9. The van der Waals surface area contributed by atoms with Crippen molar-refractivity contribution in [1.29, 1.82) is 0 Å². The Morgan fingerprint density at radius 2 is 0.514 bits per heavy atom. The first-order chi connectivity index (χ1) is 35.5. The summed E-state index contributed by atoms with van der Waals surface area (Å²) < 4.78 is 16.9. The van der Waals surface area contributed by atoms with Crippen LogP contribution in [0.3, 0.4) is 0 Å². The summed E-state index contributed by atoms with van der Waals surface area (Å²) >= 11 is 0. The topological polar surface area (TPSA) is 78.9 Å². The maximum absolute atomic E-state index is 12.9. The third-order valence-electron chi connectivity index (χ3n) is 14.1. The lowest BCUT2D eigenvalue weighted by Gasteiger charge is -2.18. The van der Waals surface area contributed by atoms with Gasteiger partial charge in [-0.1, -0.05) is 288 Å². The Kier molecular flexibility index (Phi) is 58.7. The molecule has 0 N–H and O–H groups in total. The Morgan fingerprint density at radius 3 is 0.833 bits per heavy atom. The fourth-order valence-electron chi connectivity index (χ4n) is 9.26. The maximum atomic E-state index is 12.9. The fourth-order valence-corrected chi connectivity index (χ4v) is 9.26. The van der Waals surface area contributed by atoms with Gasteiger partial charge in [-0.15, -0.1) is 0 Å². The Labute approximate surface area is 448 Å². The van der Waals surface area contributed by atoms with Crippen LogP contribution in [0, 0.1) is 0 Å². The van der Waals surface area contributed by atoms with Gasteiger partial charge >= 0.3 is 17.9 Å². The van der Waals surface area contributed by atoms with E-state index in [1.54, 1.807) is 0 Å². The standard InChI is InChI=1S/C66H120O6/c1-4-7-10-13-16-19-22-24-26-28-30-31-32-33-34-35-36-38-39-41-44-47-50-53-56-59-65(68)71-62-63(61-70-64(67)58-55-52-49-46-43-21-18-15-12-9-6-3)72-66(69)60-57-54-51-48-45-42-40-37-29-27-25-23-20-17-14-11-8-5-2/h15,18,22,24,28,30,32-33,63H,4-14,16-17,19-21,23,25-27,29,31,34-62H2,1-3H3/b18-15-,24-22-,30-28-,33-32-. The van der Waals surface area contributed by atoms with Gasteiger partial charge in [0.1, 0.15) is 13.2 Å². The van der Waals surface area contributed by atoms with Crippen LogP contribution in [-0.2, 0) is 28.6 Å². The van der Waals surface area contributed by atoms with E-state index in [0.717, 1.165) is 77.0 Å². The molecular weight excluding hydrogens is 889 g/mol. The molecule has 0 fully saturated rings. The van der Waals surface area contributed by atoms with Crippen molar-refractivity contribution in [2.45, 2.75) is 341 Å². The summed E-state index contributed by atoms with van der Waals surface area (Å²) in [5, 5.41) is 0. The predicted molar refractivity (Wildman–Crippen MR) is 312 cm³/mol. The third-order valence-corrected chi connectivity index (χ3v) is 14.1. The molecule has 0 radical (unpaired) electrons. The van der Waals surface area contributed by atoms with Crippen molar-refractivity contribution >= 4 is 17.9 Å². The number of allylic oxidation sites excluding steroid dienone is 8. The molecule has 0 rings (SSSR count). The highest BCUT2D eigenvalue weighted by molar-refractivity contribution is 5.71. The zero-order valence-corrected chi connectivity index (χ0v) is 48.2. The number of unbranched alkanes of at least 4 members (excludes halogenated alkanes) is 39. The molecule has 0 heterocycles. The van der Waals surface area contributed by atoms with Crippen molar-refractivity contribution in [3.8, 4) is 0 Å². The summed E-state index contributed by atoms with van der Waals surface area (Å²) in [6.45, 7) is 6.63. The van der Waals surface area contributed by atoms with E-state index in [2.05, 4.69) is 69.4 Å². The number of ether oxygens (including phenoxy) is 3. The Morgan fingerprint density at radius 1 is 0.278 bits per heavy atom. The lowest BCUT2D eigenvalue weighted by atomic mass is 10.0. The zero-order chi connectivity index (χ0) is 52.2. The van der Waals surface area contributed by atoms with Crippen LogP contribution in [-0.4, -0.2) is 37.2 Å². The summed E-state index contributed by atoms with van der Waals surface area (Å²) in [6.07, 6.45) is 75.5. The van der Waals surface area contributed by atoms with Gasteiger partial charge in [-0.2, -0.15) is 0 Å². The van der Waals surface area contributed by atoms with Crippen LogP contribution in [0.2, 0.25) is 0 Å². The third kappa shape index (κ3) is 58.3. The predicted octanol–water partition coefficient (Wildman–Crippen LogP) is 21.4. The van der Waals surface area contributed by atoms with Crippen LogP contribution in [0.15, 0.2) is 48.6 Å². The molecular formula is C66H120O6. The number of hydrogen-bond acceptors (Lipinski definition) is 6. The lowest BCUT2D eigenvalue weighted by Crippen LogP contribution is -2.30. The quantitative estimate of drug-likeness (QED) is 0.0261. The molecule has 1 atom stereocenters. The zero-order valence-electron chi connectivity index (χ0n) is 48.2. The molecule has 0 saturated heterocycles. The first-order valence-electron chi connectivity index (χ1n) is 31.6. The van der Waals surface area contributed by atoms with E-state index in [9.17, 15) is 14.4 Å². The summed E-state index contributed by atoms with van der Waals surface area (Å²) in [6, 6.07) is 0. The van der Waals surface area contributed by atoms with E-state index in [4.69, 9.17) is 14.2 Å². The summed E-state index contributed by atoms with van der Waals surface area (Å²) in [7, 11) is 0. The van der Waals surface area contributed by atoms with Gasteiger partial charge in [0.2, 0.25) is 0 Å². The molecule has 0 aromatic rings. The van der Waals surface area contributed by atoms with Crippen molar-refractivity contribution in [2.24, 2.45) is 0 Å². The normalized spacial score (nSPS) is 12.3. The minimum Gasteiger partial charge on any atom is -0.462 e. The Balaban J connectivity index is 4.24. The first kappa shape index (κ1) is 69.4. The highest BCUT2D eigenvalue weighted by Crippen LogP contribution is 2.17. The molecule has 0 aliphatic heterocycles. The second-order valence-corrected chi connectivity index (χ2v) is 21.3. The molecule has 0 bridgehead atoms. The van der Waals surface area contributed by atoms with Crippen LogP contribution in [0.25, 0.3) is 0 Å². The van der Waals surface area contributed by atoms with Crippen LogP contribution in [0.5, 0.6) is 0 Å². The van der Waals surface area contributed by atoms with Gasteiger partial charge in [0.15, 0.2) is 6.10 Å². The van der Waals surface area contributed by atoms with Gasteiger partial charge in [0.25, 0.3) is 0 Å². The molecule has 6 heteroatoms. The highest BCUT2D eigenvalue weighted by atomic mass is 16.6. The van der Waals surface area contributed by atoms with Crippen LogP contribution in [0.1, 0.15) is 335 Å². The average molecular weight is 1010 g/mol. The number of esters is 3. The highest BCUT2D eigenvalue weighted by Gasteiger charge is 2.19. The minimum absolute atomic E-state index is 0.0745. The van der Waals surface area contributed by atoms with E-state index in [-0.39, 0.29) is 31.1 Å². The van der Waals surface area contributed by atoms with Crippen molar-refractivity contribution in [3.63, 3.8) is 0 Å². The second-order valence-electron chi connectivity index (χ2n) is 21.3. The van der Waals surface area contributed by atoms with Crippen molar-refractivity contribution < 1.29 is 28.6 Å². The Hall–Kier alpha value is -2.63. The van der Waals surface area contributed by atoms with E-state index < -0.39 is 6.10 Å². The molecule has 6 nitrogen and oxygen atoms in total. The van der Waals surface area contributed by atoms with Crippen LogP contribution in [0.4, 0.5) is 0 Å². The summed E-state index contributed by atoms with van der Waals surface area (Å²) in [4.78, 5) is 38.2. The Bertz CT molecular complexity index is 1250. The first-order valence-corrected chi connectivity index (χ1v) is 31.6. The van der Waals surface area contributed by atoms with Gasteiger partial charge in [0.05, 0.1) is 0 Å². The minimum atomic E-state index is -0.776. The van der Waals surface area contributed by atoms with Gasteiger partial charge in [-0.25, -0.2) is 0 Å². The molecule has 0 aromatic heterocycles. The number of carbonyl (C=O) groups is 3. The fraction of sp³-hybridized carbons (Fsp3) is 0.833. The van der Waals surface area contributed by atoms with Crippen molar-refractivity contribution in [2.75, 3.05) is 13.2 Å². The van der Waals surface area contributed by atoms with Crippen molar-refractivity contribution in [3.05, 3.63) is 48.6 Å². The van der Waals surface area contributed by atoms with Gasteiger partial charge in [-0.05, 0) is 77.0 Å². The van der Waals surface area contributed by atoms with E-state index in [1.165, 1.54) is 218 Å². The molecule has 0 aliphatic carbocycles. The lowest BCUT2D eigenvalue weighted by molar-refractivity contribution is -0.167. The van der Waals surface area contributed by atoms with Crippen LogP contribution < -0.4 is 0 Å². The molecule has 420 valence electrons. The monoisotopic (exact) mass is 1010 g/mol. The number of rotatable bonds is 58. The number of hydrogen-bond donors (Lipinski definition) is 0. The van der Waals surface area contributed by atoms with Crippen molar-refractivity contribution in [1.82, 2.24) is 0 Å². The SMILES string of the molecule is CCCC/C=C\CCCCCCCC(=O)OCC(COC(=O)CCCCCCCCCCCC/C=C\C/C=C\C/C=C\CCCCCCC)OC(=O)CCCCCCCCCCCCCCCCCCCC. The van der Waals surface area contributed by atoms with Gasteiger partial charge in [0, 0.05) is 19.3 Å². The molecule has 0 saturated carbocycles. The van der Waals surface area contributed by atoms with Crippen LogP contribution >= 0.6 is 0 Å². The molecule has 0 aromatic carbocycles. The summed E-state index contributed by atoms with van der Waals surface area (Å²) in [5.41, 5.74) is 0. The maximum Gasteiger partial charge on any atom is 0.306 e. The number of carbonyl (C=O) groups excluding carboxylic acids is 3. The molecule has 1 unspecified atom stereocenters. The van der Waals surface area contributed by atoms with E-state index >= 15 is 0 Å². The smallest absolute Gasteiger partial charge is 0.306 e. The summed E-state index contributed by atoms with van der Waals surface area (Å²) in [5.74, 6) is -0.869. The molecule has 72 heavy (non-hydrogen) atoms. The molecule has 0 spiro atoms. The average Bonchev–Trinajstić information content (AvgIpc) is 3.38. The molecule has 0 aliphatic rings. The largest absolute Gasteiger partial charge is 0.462 e. The van der Waals surface area contributed by atoms with E-state index in [1.807, 2.05) is 0 Å². The van der Waals surface area contributed by atoms with Gasteiger partial charge < -0.3 is 14.2 Å². The molecule has 0 amide bonds. The van der Waals surface area contributed by atoms with E-state index in [0.29, 0.717) is 19.3 Å². The van der Waals surface area contributed by atoms with Gasteiger partial charge in [-0.3, -0.25) is 14.4 Å².